The third kappa shape index (κ3) is 4.03. The Kier molecular flexibility index (Phi) is 5.08. The van der Waals surface area contributed by atoms with Crippen LogP contribution in [0.3, 0.4) is 0 Å². The fraction of sp³-hybridized carbons (Fsp3) is 0.812. The molecule has 0 aromatic carbocycles. The van der Waals surface area contributed by atoms with E-state index in [1.165, 1.54) is 62.4 Å². The van der Waals surface area contributed by atoms with Crippen LogP contribution >= 0.6 is 11.3 Å². The summed E-state index contributed by atoms with van der Waals surface area (Å²) in [7, 11) is 0. The minimum Gasteiger partial charge on any atom is -0.316 e. The highest BCUT2D eigenvalue weighted by Gasteiger charge is 2.31. The lowest BCUT2D eigenvalue weighted by atomic mass is 9.99. The monoisotopic (exact) mass is 293 g/mol. The molecule has 1 atom stereocenters. The van der Waals surface area contributed by atoms with Gasteiger partial charge >= 0.3 is 0 Å². The Bertz CT molecular complexity index is 408. The van der Waals surface area contributed by atoms with Crippen LogP contribution in [0.4, 0.5) is 0 Å². The van der Waals surface area contributed by atoms with Crippen LogP contribution in [0.25, 0.3) is 0 Å². The quantitative estimate of drug-likeness (QED) is 0.837. The molecule has 1 aliphatic heterocycles. The Balaban J connectivity index is 1.55. The van der Waals surface area contributed by atoms with Crippen molar-refractivity contribution in [3.63, 3.8) is 0 Å². The second-order valence-corrected chi connectivity index (χ2v) is 7.30. The maximum atomic E-state index is 4.80. The van der Waals surface area contributed by atoms with Crippen molar-refractivity contribution < 1.29 is 0 Å². The van der Waals surface area contributed by atoms with E-state index in [1.807, 2.05) is 11.3 Å². The van der Waals surface area contributed by atoms with Gasteiger partial charge in [0.05, 0.1) is 10.7 Å². The van der Waals surface area contributed by atoms with Gasteiger partial charge in [-0.3, -0.25) is 4.90 Å². The Morgan fingerprint density at radius 1 is 1.40 bits per heavy atom. The fourth-order valence-electron chi connectivity index (χ4n) is 3.15. The van der Waals surface area contributed by atoms with Gasteiger partial charge in [-0.15, -0.1) is 11.3 Å². The highest BCUT2D eigenvalue weighted by atomic mass is 32.1. The zero-order chi connectivity index (χ0) is 13.8. The first-order chi connectivity index (χ1) is 9.85. The second-order valence-electron chi connectivity index (χ2n) is 6.36. The van der Waals surface area contributed by atoms with Crippen LogP contribution in [0.2, 0.25) is 0 Å². The molecule has 2 heterocycles. The first kappa shape index (κ1) is 14.5. The highest BCUT2D eigenvalue weighted by Crippen LogP contribution is 2.30. The number of rotatable bonds is 7. The van der Waals surface area contributed by atoms with Crippen molar-refractivity contribution >= 4 is 11.3 Å². The molecule has 1 aromatic rings. The van der Waals surface area contributed by atoms with E-state index in [1.54, 1.807) is 0 Å². The van der Waals surface area contributed by atoms with Crippen LogP contribution in [-0.2, 0) is 13.0 Å². The molecule has 112 valence electrons. The van der Waals surface area contributed by atoms with Gasteiger partial charge in [-0.25, -0.2) is 4.98 Å². The highest BCUT2D eigenvalue weighted by molar-refractivity contribution is 7.09. The summed E-state index contributed by atoms with van der Waals surface area (Å²) in [5.41, 5.74) is 1.30. The minimum atomic E-state index is 0.841. The SMILES string of the molecule is CCCc1nc(CN(CC2CCCNC2)C2CC2)cs1. The third-order valence-electron chi connectivity index (χ3n) is 4.38. The van der Waals surface area contributed by atoms with E-state index in [4.69, 9.17) is 4.98 Å². The Hall–Kier alpha value is -0.450. The summed E-state index contributed by atoms with van der Waals surface area (Å²) in [4.78, 5) is 7.50. The maximum absolute atomic E-state index is 4.80. The molecule has 1 aromatic heterocycles. The largest absolute Gasteiger partial charge is 0.316 e. The topological polar surface area (TPSA) is 28.2 Å². The van der Waals surface area contributed by atoms with E-state index in [-0.39, 0.29) is 0 Å². The van der Waals surface area contributed by atoms with Gasteiger partial charge < -0.3 is 5.32 Å². The number of thiazole rings is 1. The van der Waals surface area contributed by atoms with E-state index in [2.05, 4.69) is 22.5 Å². The molecular weight excluding hydrogens is 266 g/mol. The van der Waals surface area contributed by atoms with Gasteiger partial charge in [-0.05, 0) is 57.5 Å². The van der Waals surface area contributed by atoms with Gasteiger partial charge in [-0.2, -0.15) is 0 Å². The van der Waals surface area contributed by atoms with Crippen LogP contribution in [0.5, 0.6) is 0 Å². The molecule has 4 heteroatoms. The van der Waals surface area contributed by atoms with Gasteiger partial charge in [0.2, 0.25) is 0 Å². The molecule has 1 aliphatic carbocycles. The van der Waals surface area contributed by atoms with E-state index >= 15 is 0 Å². The van der Waals surface area contributed by atoms with Crippen LogP contribution in [0.1, 0.15) is 49.7 Å². The molecule has 1 N–H and O–H groups in total. The minimum absolute atomic E-state index is 0.841. The van der Waals surface area contributed by atoms with Gasteiger partial charge in [0.25, 0.3) is 0 Å². The Morgan fingerprint density at radius 3 is 3.00 bits per heavy atom. The third-order valence-corrected chi connectivity index (χ3v) is 5.34. The van der Waals surface area contributed by atoms with Crippen LogP contribution in [0.15, 0.2) is 5.38 Å². The van der Waals surface area contributed by atoms with Gasteiger partial charge in [-0.1, -0.05) is 6.92 Å². The van der Waals surface area contributed by atoms with E-state index in [0.717, 1.165) is 24.9 Å². The number of piperidine rings is 1. The molecule has 3 nitrogen and oxygen atoms in total. The average Bonchev–Trinajstić information content (AvgIpc) is 3.22. The molecule has 3 rings (SSSR count). The average molecular weight is 293 g/mol. The van der Waals surface area contributed by atoms with Crippen LogP contribution < -0.4 is 5.32 Å². The molecule has 2 aliphatic rings. The molecule has 0 bridgehead atoms. The molecule has 0 amide bonds. The normalized spacial score (nSPS) is 23.4. The molecule has 1 saturated carbocycles. The van der Waals surface area contributed by atoms with Crippen molar-refractivity contribution in [2.75, 3.05) is 19.6 Å². The van der Waals surface area contributed by atoms with Crippen molar-refractivity contribution in [3.8, 4) is 0 Å². The van der Waals surface area contributed by atoms with Crippen molar-refractivity contribution in [3.05, 3.63) is 16.1 Å². The molecular formula is C16H27N3S. The van der Waals surface area contributed by atoms with E-state index in [0.29, 0.717) is 0 Å². The summed E-state index contributed by atoms with van der Waals surface area (Å²) in [6, 6.07) is 0.841. The number of aryl methyl sites for hydroxylation is 1. The van der Waals surface area contributed by atoms with Crippen LogP contribution in [0, 0.1) is 5.92 Å². The first-order valence-corrected chi connectivity index (χ1v) is 9.11. The second kappa shape index (κ2) is 7.01. The summed E-state index contributed by atoms with van der Waals surface area (Å²) in [5, 5.41) is 7.14. The zero-order valence-corrected chi connectivity index (χ0v) is 13.4. The van der Waals surface area contributed by atoms with Gasteiger partial charge in [0.15, 0.2) is 0 Å². The number of hydrogen-bond acceptors (Lipinski definition) is 4. The molecule has 20 heavy (non-hydrogen) atoms. The molecule has 2 fully saturated rings. The Morgan fingerprint density at radius 2 is 2.30 bits per heavy atom. The van der Waals surface area contributed by atoms with Crippen molar-refractivity contribution in [2.24, 2.45) is 5.92 Å². The van der Waals surface area contributed by atoms with Gasteiger partial charge in [0.1, 0.15) is 0 Å². The summed E-state index contributed by atoms with van der Waals surface area (Å²) >= 11 is 1.84. The predicted octanol–water partition coefficient (Wildman–Crippen LogP) is 3.06. The van der Waals surface area contributed by atoms with Crippen molar-refractivity contribution in [2.45, 2.75) is 58.0 Å². The number of hydrogen-bond donors (Lipinski definition) is 1. The first-order valence-electron chi connectivity index (χ1n) is 8.23. The number of aromatic nitrogens is 1. The fourth-order valence-corrected chi connectivity index (χ4v) is 4.04. The Labute approximate surface area is 126 Å². The maximum Gasteiger partial charge on any atom is 0.0928 e. The lowest BCUT2D eigenvalue weighted by molar-refractivity contribution is 0.191. The standard InChI is InChI=1S/C16H27N3S/c1-2-4-16-18-14(12-20-16)11-19(15-6-7-15)10-13-5-3-8-17-9-13/h12-13,15,17H,2-11H2,1H3. The molecule has 1 unspecified atom stereocenters. The lowest BCUT2D eigenvalue weighted by Crippen LogP contribution is -2.39. The van der Waals surface area contributed by atoms with E-state index < -0.39 is 0 Å². The predicted molar refractivity (Wildman–Crippen MR) is 85.1 cm³/mol. The van der Waals surface area contributed by atoms with Crippen molar-refractivity contribution in [1.29, 1.82) is 0 Å². The number of nitrogens with zero attached hydrogens (tertiary/aromatic N) is 2. The van der Waals surface area contributed by atoms with E-state index in [9.17, 15) is 0 Å². The zero-order valence-electron chi connectivity index (χ0n) is 12.6. The summed E-state index contributed by atoms with van der Waals surface area (Å²) < 4.78 is 0. The van der Waals surface area contributed by atoms with Crippen molar-refractivity contribution in [1.82, 2.24) is 15.2 Å². The van der Waals surface area contributed by atoms with Crippen LogP contribution in [-0.4, -0.2) is 35.6 Å². The summed E-state index contributed by atoms with van der Waals surface area (Å²) in [5.74, 6) is 0.845. The smallest absolute Gasteiger partial charge is 0.0928 e. The lowest BCUT2D eigenvalue weighted by Gasteiger charge is -2.29. The number of nitrogens with one attached hydrogen (secondary N) is 1. The summed E-state index contributed by atoms with van der Waals surface area (Å²) in [6.07, 6.45) is 7.88. The summed E-state index contributed by atoms with van der Waals surface area (Å²) in [6.45, 7) is 6.99. The molecule has 0 radical (unpaired) electrons. The molecule has 1 saturated heterocycles. The van der Waals surface area contributed by atoms with Gasteiger partial charge in [0, 0.05) is 24.5 Å². The molecule has 0 spiro atoms.